The molecule has 0 amide bonds. The summed E-state index contributed by atoms with van der Waals surface area (Å²) in [5.74, 6) is 1.86. The summed E-state index contributed by atoms with van der Waals surface area (Å²) < 4.78 is 0. The fourth-order valence-electron chi connectivity index (χ4n) is 10.8. The molecule has 0 saturated carbocycles. The van der Waals surface area contributed by atoms with Crippen molar-refractivity contribution in [2.24, 2.45) is 0 Å². The van der Waals surface area contributed by atoms with Crippen molar-refractivity contribution >= 4 is 100 Å². The van der Waals surface area contributed by atoms with Crippen LogP contribution < -0.4 is 26.2 Å². The third-order valence-corrected chi connectivity index (χ3v) is 13.8. The first kappa shape index (κ1) is 37.5. The Hall–Kier alpha value is -8.87. The fourth-order valence-corrected chi connectivity index (χ4v) is 10.8. The van der Waals surface area contributed by atoms with Crippen LogP contribution in [0.5, 0.6) is 0 Å². The maximum Gasteiger partial charge on any atom is 0.252 e. The quantitative estimate of drug-likeness (QED) is 0.127. The second-order valence-corrected chi connectivity index (χ2v) is 17.6. The molecule has 0 N–H and O–H groups in total. The van der Waals surface area contributed by atoms with Crippen molar-refractivity contribution in [3.63, 3.8) is 0 Å². The lowest BCUT2D eigenvalue weighted by molar-refractivity contribution is 1.07. The Kier molecular flexibility index (Phi) is 8.31. The molecule has 0 fully saturated rings. The van der Waals surface area contributed by atoms with Crippen LogP contribution in [0.4, 0.5) is 34.1 Å². The summed E-state index contributed by atoms with van der Waals surface area (Å²) in [7, 11) is 0. The van der Waals surface area contributed by atoms with Gasteiger partial charge in [-0.3, -0.25) is 0 Å². The Morgan fingerprint density at radius 3 is 1.10 bits per heavy atom. The molecule has 0 spiro atoms. The van der Waals surface area contributed by atoms with Crippen LogP contribution in [0.15, 0.2) is 231 Å². The Bertz CT molecular complexity index is 3690. The first-order valence-electron chi connectivity index (χ1n) is 22.9. The SMILES string of the molecule is c1ccc(-c2nc(-c3ccccc3)nc(-c3cc4c5c(c3)N(c3ccccc3)c3cc6ccc7ccccc7c6cc3B5c3cc5c(ccc6ccccc65)cc3N4c3ccccc3)n2)cc1. The third-order valence-electron chi connectivity index (χ3n) is 13.8. The van der Waals surface area contributed by atoms with Crippen LogP contribution in [-0.4, -0.2) is 21.7 Å². The zero-order valence-corrected chi connectivity index (χ0v) is 36.3. The van der Waals surface area contributed by atoms with Gasteiger partial charge in [0.25, 0.3) is 6.71 Å². The van der Waals surface area contributed by atoms with Gasteiger partial charge in [-0.25, -0.2) is 15.0 Å². The summed E-state index contributed by atoms with van der Waals surface area (Å²) >= 11 is 0. The number of hydrogen-bond acceptors (Lipinski definition) is 5. The summed E-state index contributed by atoms with van der Waals surface area (Å²) in [6.45, 7) is -0.117. The predicted octanol–water partition coefficient (Wildman–Crippen LogP) is 13.6. The van der Waals surface area contributed by atoms with Crippen molar-refractivity contribution in [3.05, 3.63) is 231 Å². The highest BCUT2D eigenvalue weighted by Crippen LogP contribution is 2.47. The summed E-state index contributed by atoms with van der Waals surface area (Å²) in [6, 6.07) is 83.2. The van der Waals surface area contributed by atoms with Gasteiger partial charge in [0.2, 0.25) is 0 Å². The largest absolute Gasteiger partial charge is 0.311 e. The molecule has 0 aliphatic carbocycles. The zero-order chi connectivity index (χ0) is 44.0. The van der Waals surface area contributed by atoms with Gasteiger partial charge >= 0.3 is 0 Å². The maximum absolute atomic E-state index is 5.33. The second kappa shape index (κ2) is 14.8. The van der Waals surface area contributed by atoms with E-state index >= 15 is 0 Å². The number of rotatable bonds is 5. The van der Waals surface area contributed by atoms with Crippen molar-refractivity contribution in [3.8, 4) is 34.2 Å². The zero-order valence-electron chi connectivity index (χ0n) is 36.3. The smallest absolute Gasteiger partial charge is 0.252 e. The van der Waals surface area contributed by atoms with Crippen LogP contribution in [0.25, 0.3) is 77.3 Å². The molecule has 6 heteroatoms. The highest BCUT2D eigenvalue weighted by atomic mass is 15.2. The number of fused-ring (bicyclic) bond motifs is 10. The summed E-state index contributed by atoms with van der Waals surface area (Å²) in [5.41, 5.74) is 13.2. The van der Waals surface area contributed by atoms with Crippen LogP contribution >= 0.6 is 0 Å². The van der Waals surface area contributed by atoms with E-state index in [0.717, 1.165) is 50.8 Å². The Morgan fingerprint density at radius 2 is 0.657 bits per heavy atom. The number of anilines is 6. The number of aromatic nitrogens is 3. The van der Waals surface area contributed by atoms with E-state index in [9.17, 15) is 0 Å². The molecule has 14 rings (SSSR count). The Morgan fingerprint density at radius 1 is 0.284 bits per heavy atom. The first-order valence-corrected chi connectivity index (χ1v) is 22.9. The van der Waals surface area contributed by atoms with Gasteiger partial charge < -0.3 is 9.80 Å². The third kappa shape index (κ3) is 5.93. The Labute approximate surface area is 388 Å². The molecular weight excluding hydrogens is 814 g/mol. The fraction of sp³-hybridized carbons (Fsp3) is 0. The molecule has 310 valence electrons. The molecule has 0 unspecified atom stereocenters. The first-order chi connectivity index (χ1) is 33.2. The number of nitrogens with zero attached hydrogens (tertiary/aromatic N) is 5. The Balaban J connectivity index is 1.13. The summed E-state index contributed by atoms with van der Waals surface area (Å²) in [4.78, 5) is 20.7. The molecule has 5 nitrogen and oxygen atoms in total. The molecule has 1 aromatic heterocycles. The van der Waals surface area contributed by atoms with Gasteiger partial charge in [-0.05, 0) is 108 Å². The van der Waals surface area contributed by atoms with Gasteiger partial charge in [-0.15, -0.1) is 0 Å². The topological polar surface area (TPSA) is 45.2 Å². The molecule has 0 saturated heterocycles. The minimum Gasteiger partial charge on any atom is -0.311 e. The van der Waals surface area contributed by atoms with E-state index in [-0.39, 0.29) is 6.71 Å². The molecular formula is C61H38BN5. The van der Waals surface area contributed by atoms with E-state index in [2.05, 4.69) is 204 Å². The average Bonchev–Trinajstić information content (AvgIpc) is 3.40. The van der Waals surface area contributed by atoms with Crippen molar-refractivity contribution in [2.45, 2.75) is 0 Å². The maximum atomic E-state index is 5.33. The van der Waals surface area contributed by atoms with Gasteiger partial charge in [-0.2, -0.15) is 0 Å². The normalized spacial score (nSPS) is 12.7. The standard InChI is InChI=1S/C61H38BN5/c1-5-19-41(20-6-1)59-63-60(42-21-7-2-8-22-42)65-61(64-59)45-35-56-58-57(36-45)67(47-25-11-4-12-26-47)55-34-44-32-30-40-18-14-16-28-49(40)51(44)38-53(55)62(58)52-37-50-43(31-29-39-17-13-15-27-48(39)50)33-54(52)66(56)46-23-9-3-10-24-46/h1-38H. The van der Waals surface area contributed by atoms with E-state index in [4.69, 9.17) is 15.0 Å². The number of hydrogen-bond donors (Lipinski definition) is 0. The van der Waals surface area contributed by atoms with Crippen LogP contribution in [0.3, 0.4) is 0 Å². The highest BCUT2D eigenvalue weighted by molar-refractivity contribution is 7.00. The molecule has 0 radical (unpaired) electrons. The molecule has 2 aliphatic rings. The van der Waals surface area contributed by atoms with Crippen molar-refractivity contribution in [2.75, 3.05) is 9.80 Å². The van der Waals surface area contributed by atoms with Crippen LogP contribution in [-0.2, 0) is 0 Å². The van der Waals surface area contributed by atoms with E-state index in [1.807, 2.05) is 36.4 Å². The van der Waals surface area contributed by atoms with Gasteiger partial charge in [-0.1, -0.05) is 182 Å². The predicted molar refractivity (Wildman–Crippen MR) is 280 cm³/mol. The second-order valence-electron chi connectivity index (χ2n) is 17.6. The molecule has 0 atom stereocenters. The van der Waals surface area contributed by atoms with Crippen LogP contribution in [0.1, 0.15) is 0 Å². The molecule has 67 heavy (non-hydrogen) atoms. The van der Waals surface area contributed by atoms with E-state index in [1.54, 1.807) is 0 Å². The molecule has 3 heterocycles. The number of para-hydroxylation sites is 2. The lowest BCUT2D eigenvalue weighted by Crippen LogP contribution is -2.61. The van der Waals surface area contributed by atoms with E-state index < -0.39 is 0 Å². The lowest BCUT2D eigenvalue weighted by atomic mass is 9.33. The molecule has 0 bridgehead atoms. The lowest BCUT2D eigenvalue weighted by Gasteiger charge is -2.44. The van der Waals surface area contributed by atoms with Gasteiger partial charge in [0.15, 0.2) is 17.5 Å². The molecule has 2 aliphatic heterocycles. The van der Waals surface area contributed by atoms with E-state index in [1.165, 1.54) is 59.5 Å². The average molecular weight is 852 g/mol. The minimum atomic E-state index is -0.117. The monoisotopic (exact) mass is 851 g/mol. The van der Waals surface area contributed by atoms with Gasteiger partial charge in [0.1, 0.15) is 0 Å². The highest BCUT2D eigenvalue weighted by Gasteiger charge is 2.44. The van der Waals surface area contributed by atoms with Crippen molar-refractivity contribution in [1.82, 2.24) is 15.0 Å². The minimum absolute atomic E-state index is 0.117. The van der Waals surface area contributed by atoms with Crippen LogP contribution in [0, 0.1) is 0 Å². The van der Waals surface area contributed by atoms with Crippen LogP contribution in [0.2, 0.25) is 0 Å². The summed E-state index contributed by atoms with van der Waals surface area (Å²) in [6.07, 6.45) is 0. The van der Waals surface area contributed by atoms with E-state index in [0.29, 0.717) is 17.5 Å². The number of benzene rings is 11. The van der Waals surface area contributed by atoms with Crippen molar-refractivity contribution in [1.29, 1.82) is 0 Å². The molecule has 12 aromatic rings. The summed E-state index contributed by atoms with van der Waals surface area (Å²) in [5, 5.41) is 9.85. The van der Waals surface area contributed by atoms with Gasteiger partial charge in [0, 0.05) is 50.8 Å². The van der Waals surface area contributed by atoms with Crippen molar-refractivity contribution < 1.29 is 0 Å². The molecule has 11 aromatic carbocycles. The van der Waals surface area contributed by atoms with Gasteiger partial charge in [0.05, 0.1) is 0 Å².